The first kappa shape index (κ1) is 17.0. The van der Waals surface area contributed by atoms with Crippen LogP contribution >= 0.6 is 0 Å². The summed E-state index contributed by atoms with van der Waals surface area (Å²) in [5.74, 6) is -0.625. The third-order valence-corrected chi connectivity index (χ3v) is 4.78. The quantitative estimate of drug-likeness (QED) is 0.812. The highest BCUT2D eigenvalue weighted by Crippen LogP contribution is 2.43. The first-order valence-electron chi connectivity index (χ1n) is 8.40. The number of benzene rings is 1. The molecule has 3 heterocycles. The molecule has 0 saturated carbocycles. The fraction of sp³-hybridized carbons (Fsp3) is 0.263. The second kappa shape index (κ2) is 6.39. The molecule has 1 aromatic carbocycles. The van der Waals surface area contributed by atoms with Crippen molar-refractivity contribution in [1.82, 2.24) is 4.98 Å². The molecule has 8 heteroatoms. The molecule has 2 aromatic rings. The van der Waals surface area contributed by atoms with Crippen molar-refractivity contribution >= 4 is 29.2 Å². The van der Waals surface area contributed by atoms with Crippen molar-refractivity contribution in [2.24, 2.45) is 0 Å². The van der Waals surface area contributed by atoms with Crippen LogP contribution in [0.15, 0.2) is 30.3 Å². The smallest absolute Gasteiger partial charge is 0.356 e. The van der Waals surface area contributed by atoms with Gasteiger partial charge in [-0.1, -0.05) is 6.07 Å². The maximum atomic E-state index is 12.3. The second-order valence-electron chi connectivity index (χ2n) is 6.39. The Kier molecular flexibility index (Phi) is 4.02. The van der Waals surface area contributed by atoms with Gasteiger partial charge in [0, 0.05) is 30.8 Å². The molecule has 0 bridgehead atoms. The molecule has 4 rings (SSSR count). The van der Waals surface area contributed by atoms with Crippen molar-refractivity contribution < 1.29 is 23.9 Å². The number of pyridine rings is 1. The predicted octanol–water partition coefficient (Wildman–Crippen LogP) is 1.70. The number of esters is 1. The lowest BCUT2D eigenvalue weighted by Crippen LogP contribution is -2.36. The largest absolute Gasteiger partial charge is 0.482 e. The zero-order chi connectivity index (χ0) is 19.1. The molecule has 2 aliphatic rings. The normalized spacial score (nSPS) is 18.1. The summed E-state index contributed by atoms with van der Waals surface area (Å²) >= 11 is 0. The van der Waals surface area contributed by atoms with Gasteiger partial charge in [-0.15, -0.1) is 0 Å². The van der Waals surface area contributed by atoms with E-state index in [1.165, 1.54) is 12.0 Å². The molecule has 2 amide bonds. The predicted molar refractivity (Wildman–Crippen MR) is 96.0 cm³/mol. The van der Waals surface area contributed by atoms with E-state index < -0.39 is 5.97 Å². The van der Waals surface area contributed by atoms with Gasteiger partial charge in [0.05, 0.1) is 12.8 Å². The lowest BCUT2D eigenvalue weighted by atomic mass is 9.86. The molecule has 8 nitrogen and oxygen atoms in total. The number of methoxy groups -OCH3 is 1. The minimum Gasteiger partial charge on any atom is -0.482 e. The summed E-state index contributed by atoms with van der Waals surface area (Å²) in [5.41, 5.74) is 2.80. The van der Waals surface area contributed by atoms with E-state index in [9.17, 15) is 14.4 Å². The Balaban J connectivity index is 1.81. The van der Waals surface area contributed by atoms with Crippen molar-refractivity contribution in [2.75, 3.05) is 31.0 Å². The summed E-state index contributed by atoms with van der Waals surface area (Å²) < 4.78 is 10.3. The SMILES string of the molecule is COC(=O)c1cccc([C@@H]2CC(=O)Nc3cc4c(cc32)OCC(=O)N4C)n1. The van der Waals surface area contributed by atoms with E-state index >= 15 is 0 Å². The van der Waals surface area contributed by atoms with Crippen molar-refractivity contribution in [1.29, 1.82) is 0 Å². The van der Waals surface area contributed by atoms with Crippen LogP contribution in [-0.2, 0) is 14.3 Å². The van der Waals surface area contributed by atoms with Crippen molar-refractivity contribution in [3.63, 3.8) is 0 Å². The van der Waals surface area contributed by atoms with E-state index in [0.717, 1.165) is 5.56 Å². The van der Waals surface area contributed by atoms with Gasteiger partial charge in [0.25, 0.3) is 5.91 Å². The van der Waals surface area contributed by atoms with E-state index in [-0.39, 0.29) is 36.5 Å². The van der Waals surface area contributed by atoms with Gasteiger partial charge >= 0.3 is 5.97 Å². The molecule has 0 radical (unpaired) electrons. The number of carbonyl (C=O) groups excluding carboxylic acids is 3. The molecule has 1 atom stereocenters. The highest BCUT2D eigenvalue weighted by atomic mass is 16.5. The van der Waals surface area contributed by atoms with Gasteiger partial charge in [0.15, 0.2) is 6.61 Å². The summed E-state index contributed by atoms with van der Waals surface area (Å²) in [6.07, 6.45) is 0.193. The summed E-state index contributed by atoms with van der Waals surface area (Å²) in [6.45, 7) is -0.0324. The number of likely N-dealkylation sites (N-methyl/N-ethyl adjacent to an activating group) is 1. The standard InChI is InChI=1S/C19H17N3O5/c1-22-15-8-14-10(6-16(15)27-9-18(22)24)11(7-17(23)21-14)12-4-3-5-13(20-12)19(25)26-2/h3-6,8,11H,7,9H2,1-2H3,(H,21,23)/t11-/m1/s1. The van der Waals surface area contributed by atoms with Crippen LogP contribution in [0.2, 0.25) is 0 Å². The first-order chi connectivity index (χ1) is 13.0. The fourth-order valence-corrected chi connectivity index (χ4v) is 3.35. The molecular formula is C19H17N3O5. The first-order valence-corrected chi connectivity index (χ1v) is 8.40. The number of ether oxygens (including phenoxy) is 2. The summed E-state index contributed by atoms with van der Waals surface area (Å²) in [5, 5.41) is 2.84. The van der Waals surface area contributed by atoms with Crippen LogP contribution in [0.3, 0.4) is 0 Å². The average Bonchev–Trinajstić information content (AvgIpc) is 2.68. The highest BCUT2D eigenvalue weighted by molar-refractivity contribution is 6.01. The average molecular weight is 367 g/mol. The van der Waals surface area contributed by atoms with Gasteiger partial charge in [-0.05, 0) is 29.8 Å². The van der Waals surface area contributed by atoms with E-state index in [1.807, 2.05) is 6.07 Å². The number of anilines is 2. The van der Waals surface area contributed by atoms with Gasteiger partial charge < -0.3 is 19.7 Å². The molecule has 27 heavy (non-hydrogen) atoms. The van der Waals surface area contributed by atoms with Crippen molar-refractivity contribution in [3.05, 3.63) is 47.3 Å². The van der Waals surface area contributed by atoms with Gasteiger partial charge in [-0.2, -0.15) is 0 Å². The minimum absolute atomic E-state index is 0.0324. The van der Waals surface area contributed by atoms with Crippen LogP contribution < -0.4 is 15.0 Å². The van der Waals surface area contributed by atoms with Crippen molar-refractivity contribution in [2.45, 2.75) is 12.3 Å². The van der Waals surface area contributed by atoms with Crippen LogP contribution in [0, 0.1) is 0 Å². The molecule has 0 aliphatic carbocycles. The Labute approximate surface area is 155 Å². The molecule has 138 valence electrons. The molecule has 0 fully saturated rings. The molecule has 1 N–H and O–H groups in total. The number of nitrogens with one attached hydrogen (secondary N) is 1. The van der Waals surface area contributed by atoms with Crippen LogP contribution in [0.5, 0.6) is 5.75 Å². The highest BCUT2D eigenvalue weighted by Gasteiger charge is 2.32. The third-order valence-electron chi connectivity index (χ3n) is 4.78. The maximum absolute atomic E-state index is 12.3. The molecule has 2 aliphatic heterocycles. The molecule has 0 saturated heterocycles. The minimum atomic E-state index is -0.536. The van der Waals surface area contributed by atoms with Crippen LogP contribution in [0.4, 0.5) is 11.4 Å². The summed E-state index contributed by atoms with van der Waals surface area (Å²) in [6, 6.07) is 8.60. The number of aromatic nitrogens is 1. The topological polar surface area (TPSA) is 97.8 Å². The number of hydrogen-bond donors (Lipinski definition) is 1. The monoisotopic (exact) mass is 367 g/mol. The number of amides is 2. The Hall–Kier alpha value is -3.42. The van der Waals surface area contributed by atoms with Gasteiger partial charge in [-0.25, -0.2) is 9.78 Å². The fourth-order valence-electron chi connectivity index (χ4n) is 3.35. The number of carbonyl (C=O) groups is 3. The zero-order valence-corrected chi connectivity index (χ0v) is 14.8. The number of rotatable bonds is 2. The maximum Gasteiger partial charge on any atom is 0.356 e. The Morgan fingerprint density at radius 3 is 2.93 bits per heavy atom. The third kappa shape index (κ3) is 2.88. The number of hydrogen-bond acceptors (Lipinski definition) is 6. The molecule has 1 aromatic heterocycles. The lowest BCUT2D eigenvalue weighted by molar-refractivity contribution is -0.121. The van der Waals surface area contributed by atoms with Gasteiger partial charge in [-0.3, -0.25) is 9.59 Å². The van der Waals surface area contributed by atoms with Crippen LogP contribution in [0.1, 0.15) is 34.1 Å². The van der Waals surface area contributed by atoms with Gasteiger partial charge in [0.1, 0.15) is 11.4 Å². The number of nitrogens with zero attached hydrogens (tertiary/aromatic N) is 2. The zero-order valence-electron chi connectivity index (χ0n) is 14.8. The van der Waals surface area contributed by atoms with Crippen LogP contribution in [0.25, 0.3) is 0 Å². The van der Waals surface area contributed by atoms with E-state index in [1.54, 1.807) is 31.3 Å². The summed E-state index contributed by atoms with van der Waals surface area (Å²) in [4.78, 5) is 41.8. The molecule has 0 spiro atoms. The molecular weight excluding hydrogens is 350 g/mol. The van der Waals surface area contributed by atoms with Crippen LogP contribution in [-0.4, -0.2) is 43.5 Å². The Morgan fingerprint density at radius 1 is 1.33 bits per heavy atom. The molecule has 0 unspecified atom stereocenters. The second-order valence-corrected chi connectivity index (χ2v) is 6.39. The Bertz CT molecular complexity index is 972. The summed E-state index contributed by atoms with van der Waals surface area (Å²) in [7, 11) is 2.96. The van der Waals surface area contributed by atoms with E-state index in [0.29, 0.717) is 22.8 Å². The van der Waals surface area contributed by atoms with E-state index in [4.69, 9.17) is 9.47 Å². The van der Waals surface area contributed by atoms with Crippen molar-refractivity contribution in [3.8, 4) is 5.75 Å². The van der Waals surface area contributed by atoms with Gasteiger partial charge in [0.2, 0.25) is 5.91 Å². The Morgan fingerprint density at radius 2 is 2.15 bits per heavy atom. The van der Waals surface area contributed by atoms with E-state index in [2.05, 4.69) is 10.3 Å². The number of fused-ring (bicyclic) bond motifs is 2. The lowest BCUT2D eigenvalue weighted by Gasteiger charge is -2.31.